The van der Waals surface area contributed by atoms with Crippen LogP contribution in [0.4, 0.5) is 5.95 Å². The maximum atomic E-state index is 4.60. The van der Waals surface area contributed by atoms with Crippen molar-refractivity contribution in [3.05, 3.63) is 17.5 Å². The highest BCUT2D eigenvalue weighted by molar-refractivity contribution is 5.33. The van der Waals surface area contributed by atoms with Gasteiger partial charge in [0.05, 0.1) is 0 Å². The van der Waals surface area contributed by atoms with E-state index >= 15 is 0 Å². The zero-order valence-electron chi connectivity index (χ0n) is 13.6. The molecular weight excluding hydrogens is 262 g/mol. The summed E-state index contributed by atoms with van der Waals surface area (Å²) in [4.78, 5) is 11.6. The molecule has 2 atom stereocenters. The summed E-state index contributed by atoms with van der Waals surface area (Å²) < 4.78 is 0. The second-order valence-corrected chi connectivity index (χ2v) is 7.07. The van der Waals surface area contributed by atoms with E-state index in [1.165, 1.54) is 12.8 Å². The van der Waals surface area contributed by atoms with Gasteiger partial charge < -0.3 is 4.90 Å². The van der Waals surface area contributed by atoms with Crippen molar-refractivity contribution in [1.29, 1.82) is 0 Å². The van der Waals surface area contributed by atoms with Crippen molar-refractivity contribution < 1.29 is 0 Å². The summed E-state index contributed by atoms with van der Waals surface area (Å²) >= 11 is 0. The third-order valence-electron chi connectivity index (χ3n) is 5.16. The Hall–Kier alpha value is -1.20. The minimum Gasteiger partial charge on any atom is -0.341 e. The molecule has 0 aromatic carbocycles. The average Bonchev–Trinajstić information content (AvgIpc) is 2.85. The van der Waals surface area contributed by atoms with E-state index in [1.807, 2.05) is 19.9 Å². The third-order valence-corrected chi connectivity index (χ3v) is 5.16. The van der Waals surface area contributed by atoms with E-state index in [0.29, 0.717) is 17.4 Å². The minimum atomic E-state index is 0.359. The number of aryl methyl sites for hydroxylation is 2. The Labute approximate surface area is 127 Å². The molecule has 5 heteroatoms. The van der Waals surface area contributed by atoms with Gasteiger partial charge in [-0.1, -0.05) is 13.8 Å². The number of hydrogen-bond donors (Lipinski definition) is 2. The average molecular weight is 289 g/mol. The molecule has 0 bridgehead atoms. The van der Waals surface area contributed by atoms with E-state index in [2.05, 4.69) is 39.6 Å². The monoisotopic (exact) mass is 289 g/mol. The molecule has 1 aromatic heterocycles. The number of piperidine rings is 1. The number of hydrazine groups is 1. The summed E-state index contributed by atoms with van der Waals surface area (Å²) in [7, 11) is 0. The fraction of sp³-hybridized carbons (Fsp3) is 0.750. The van der Waals surface area contributed by atoms with Gasteiger partial charge in [-0.15, -0.1) is 0 Å². The Kier molecular flexibility index (Phi) is 3.88. The molecule has 0 saturated carbocycles. The number of rotatable bonds is 2. The summed E-state index contributed by atoms with van der Waals surface area (Å²) in [5.74, 6) is 1.60. The molecule has 3 rings (SSSR count). The molecule has 0 radical (unpaired) electrons. The molecule has 5 nitrogen and oxygen atoms in total. The molecule has 0 amide bonds. The molecule has 2 N–H and O–H groups in total. The Balaban J connectivity index is 1.69. The smallest absolute Gasteiger partial charge is 0.225 e. The van der Waals surface area contributed by atoms with Crippen molar-refractivity contribution in [1.82, 2.24) is 20.8 Å². The summed E-state index contributed by atoms with van der Waals surface area (Å²) in [5.41, 5.74) is 9.28. The molecule has 0 spiro atoms. The highest BCUT2D eigenvalue weighted by Crippen LogP contribution is 2.39. The van der Waals surface area contributed by atoms with Gasteiger partial charge in [0, 0.05) is 37.1 Å². The van der Waals surface area contributed by atoms with Gasteiger partial charge in [-0.25, -0.2) is 9.97 Å². The van der Waals surface area contributed by atoms with E-state index in [4.69, 9.17) is 0 Å². The Morgan fingerprint density at radius 1 is 1.19 bits per heavy atom. The first-order valence-corrected chi connectivity index (χ1v) is 8.03. The van der Waals surface area contributed by atoms with Crippen LogP contribution in [0.3, 0.4) is 0 Å². The van der Waals surface area contributed by atoms with E-state index in [9.17, 15) is 0 Å². The van der Waals surface area contributed by atoms with Gasteiger partial charge in [-0.2, -0.15) is 0 Å². The highest BCUT2D eigenvalue weighted by atomic mass is 15.4. The van der Waals surface area contributed by atoms with Crippen molar-refractivity contribution >= 4 is 5.95 Å². The molecule has 2 unspecified atom stereocenters. The van der Waals surface area contributed by atoms with Gasteiger partial charge in [0.15, 0.2) is 0 Å². The predicted molar refractivity (Wildman–Crippen MR) is 85.2 cm³/mol. The van der Waals surface area contributed by atoms with Crippen LogP contribution < -0.4 is 15.8 Å². The van der Waals surface area contributed by atoms with Gasteiger partial charge in [-0.3, -0.25) is 10.9 Å². The Morgan fingerprint density at radius 2 is 1.81 bits per heavy atom. The second-order valence-electron chi connectivity index (χ2n) is 7.07. The van der Waals surface area contributed by atoms with Gasteiger partial charge in [0.1, 0.15) is 0 Å². The van der Waals surface area contributed by atoms with Crippen LogP contribution in [0.1, 0.15) is 38.1 Å². The van der Waals surface area contributed by atoms with E-state index < -0.39 is 0 Å². The van der Waals surface area contributed by atoms with Crippen molar-refractivity contribution in [3.8, 4) is 0 Å². The fourth-order valence-electron chi connectivity index (χ4n) is 3.83. The van der Waals surface area contributed by atoms with Crippen LogP contribution in [0.2, 0.25) is 0 Å². The van der Waals surface area contributed by atoms with E-state index in [1.54, 1.807) is 0 Å². The molecule has 2 aliphatic heterocycles. The standard InChI is InChI=1S/C16H27N5/c1-11-10-17-20-14(11)16(4)5-7-21(8-6-16)15-18-12(2)9-13(3)19-15/h9,11,14,17,20H,5-8,10H2,1-4H3. The molecular formula is C16H27N5. The number of nitrogens with zero attached hydrogens (tertiary/aromatic N) is 3. The van der Waals surface area contributed by atoms with Gasteiger partial charge in [0.25, 0.3) is 0 Å². The first kappa shape index (κ1) is 14.7. The van der Waals surface area contributed by atoms with Crippen molar-refractivity contribution in [3.63, 3.8) is 0 Å². The van der Waals surface area contributed by atoms with Gasteiger partial charge in [0.2, 0.25) is 5.95 Å². The number of anilines is 1. The molecule has 0 aliphatic carbocycles. The number of nitrogens with one attached hydrogen (secondary N) is 2. The first-order chi connectivity index (χ1) is 9.98. The first-order valence-electron chi connectivity index (χ1n) is 8.03. The maximum Gasteiger partial charge on any atom is 0.225 e. The summed E-state index contributed by atoms with van der Waals surface area (Å²) in [5, 5.41) is 0. The topological polar surface area (TPSA) is 53.1 Å². The Morgan fingerprint density at radius 3 is 2.33 bits per heavy atom. The van der Waals surface area contributed by atoms with Crippen molar-refractivity contribution in [2.75, 3.05) is 24.5 Å². The highest BCUT2D eigenvalue weighted by Gasteiger charge is 2.42. The molecule has 3 heterocycles. The SMILES string of the molecule is Cc1cc(C)nc(N2CCC(C)(C3NNCC3C)CC2)n1. The summed E-state index contributed by atoms with van der Waals surface area (Å²) in [6.45, 7) is 12.0. The molecule has 116 valence electrons. The lowest BCUT2D eigenvalue weighted by atomic mass is 9.71. The quantitative estimate of drug-likeness (QED) is 0.870. The van der Waals surface area contributed by atoms with Gasteiger partial charge >= 0.3 is 0 Å². The number of aromatic nitrogens is 2. The predicted octanol–water partition coefficient (Wildman–Crippen LogP) is 1.81. The number of hydrogen-bond acceptors (Lipinski definition) is 5. The summed E-state index contributed by atoms with van der Waals surface area (Å²) in [6, 6.07) is 2.60. The Bertz CT molecular complexity index is 487. The second kappa shape index (κ2) is 5.54. The lowest BCUT2D eigenvalue weighted by molar-refractivity contribution is 0.151. The van der Waals surface area contributed by atoms with Crippen LogP contribution in [-0.4, -0.2) is 35.6 Å². The maximum absolute atomic E-state index is 4.60. The van der Waals surface area contributed by atoms with Crippen LogP contribution in [0.5, 0.6) is 0 Å². The van der Waals surface area contributed by atoms with Crippen LogP contribution >= 0.6 is 0 Å². The van der Waals surface area contributed by atoms with Crippen molar-refractivity contribution in [2.24, 2.45) is 11.3 Å². The van der Waals surface area contributed by atoms with Crippen LogP contribution in [-0.2, 0) is 0 Å². The molecule has 1 aromatic rings. The fourth-order valence-corrected chi connectivity index (χ4v) is 3.83. The van der Waals surface area contributed by atoms with Crippen molar-refractivity contribution in [2.45, 2.75) is 46.6 Å². The zero-order valence-corrected chi connectivity index (χ0v) is 13.6. The van der Waals surface area contributed by atoms with Crippen LogP contribution in [0, 0.1) is 25.2 Å². The van der Waals surface area contributed by atoms with Crippen LogP contribution in [0.15, 0.2) is 6.07 Å². The summed E-state index contributed by atoms with van der Waals surface area (Å²) in [6.07, 6.45) is 2.38. The minimum absolute atomic E-state index is 0.359. The lowest BCUT2D eigenvalue weighted by Gasteiger charge is -2.44. The normalized spacial score (nSPS) is 28.9. The van der Waals surface area contributed by atoms with Crippen LogP contribution in [0.25, 0.3) is 0 Å². The largest absolute Gasteiger partial charge is 0.341 e. The van der Waals surface area contributed by atoms with E-state index in [-0.39, 0.29) is 0 Å². The molecule has 2 aliphatic rings. The molecule has 21 heavy (non-hydrogen) atoms. The zero-order chi connectivity index (χ0) is 15.0. The third kappa shape index (κ3) is 2.90. The van der Waals surface area contributed by atoms with Gasteiger partial charge in [-0.05, 0) is 44.1 Å². The molecule has 2 fully saturated rings. The lowest BCUT2D eigenvalue weighted by Crippen LogP contribution is -2.51. The van der Waals surface area contributed by atoms with E-state index in [0.717, 1.165) is 37.0 Å². The molecule has 2 saturated heterocycles.